The first kappa shape index (κ1) is 10.7. The number of hydrogen-bond acceptors (Lipinski definition) is 2. The summed E-state index contributed by atoms with van der Waals surface area (Å²) >= 11 is 4.99. The van der Waals surface area contributed by atoms with Gasteiger partial charge in [-0.25, -0.2) is 0 Å². The van der Waals surface area contributed by atoms with Crippen molar-refractivity contribution in [3.05, 3.63) is 21.3 Å². The van der Waals surface area contributed by atoms with Crippen LogP contribution in [-0.4, -0.2) is 11.1 Å². The van der Waals surface area contributed by atoms with Gasteiger partial charge in [-0.1, -0.05) is 13.0 Å². The number of thiophene rings is 1. The van der Waals surface area contributed by atoms with Crippen molar-refractivity contribution >= 4 is 33.2 Å². The van der Waals surface area contributed by atoms with Crippen LogP contribution in [0.15, 0.2) is 21.3 Å². The Labute approximate surface area is 78.0 Å². The molecule has 2 nitrogen and oxygen atoms in total. The Morgan fingerprint density at radius 1 is 1.82 bits per heavy atom. The third kappa shape index (κ3) is 7.55. The normalized spacial score (nSPS) is 8.18. The minimum atomic E-state index is -0.745. The maximum absolute atomic E-state index is 9.37. The molecule has 0 aliphatic rings. The lowest BCUT2D eigenvalue weighted by atomic mass is 10.5. The van der Waals surface area contributed by atoms with E-state index in [1.54, 1.807) is 18.3 Å². The van der Waals surface area contributed by atoms with Crippen LogP contribution in [0.25, 0.3) is 0 Å². The Morgan fingerprint density at radius 3 is 2.45 bits per heavy atom. The van der Waals surface area contributed by atoms with E-state index in [4.69, 9.17) is 5.11 Å². The van der Waals surface area contributed by atoms with Gasteiger partial charge >= 0.3 is 5.97 Å². The zero-order valence-electron chi connectivity index (χ0n) is 6.08. The fraction of sp³-hybridized carbons (Fsp3) is 0.286. The molecule has 0 bridgehead atoms. The predicted octanol–water partition coefficient (Wildman–Crippen LogP) is 2.99. The number of aliphatic carboxylic acids is 1. The van der Waals surface area contributed by atoms with Gasteiger partial charge in [0.05, 0.1) is 3.79 Å². The maximum Gasteiger partial charge on any atom is 0.303 e. The molecule has 0 aromatic carbocycles. The van der Waals surface area contributed by atoms with Gasteiger partial charge in [0.1, 0.15) is 0 Å². The molecule has 0 saturated heterocycles. The Kier molecular flexibility index (Phi) is 6.16. The highest BCUT2D eigenvalue weighted by Gasteiger charge is 1.80. The first-order valence-electron chi connectivity index (χ1n) is 3.07. The van der Waals surface area contributed by atoms with E-state index in [0.717, 1.165) is 0 Å². The molecule has 1 N–H and O–H groups in total. The van der Waals surface area contributed by atoms with Crippen molar-refractivity contribution in [1.29, 1.82) is 0 Å². The molecule has 0 aliphatic carbocycles. The van der Waals surface area contributed by atoms with Gasteiger partial charge in [0.2, 0.25) is 0 Å². The number of hydrogen-bond donors (Lipinski definition) is 1. The van der Waals surface area contributed by atoms with Crippen molar-refractivity contribution in [3.63, 3.8) is 0 Å². The minimum Gasteiger partial charge on any atom is -0.481 e. The third-order valence-corrected chi connectivity index (χ3v) is 2.27. The molecule has 62 valence electrons. The van der Waals surface area contributed by atoms with Gasteiger partial charge in [0.25, 0.3) is 0 Å². The highest BCUT2D eigenvalue weighted by atomic mass is 79.9. The molecular formula is C7H9BrO2S. The van der Waals surface area contributed by atoms with E-state index in [2.05, 4.69) is 15.9 Å². The van der Waals surface area contributed by atoms with E-state index in [1.807, 2.05) is 17.5 Å². The monoisotopic (exact) mass is 236 g/mol. The largest absolute Gasteiger partial charge is 0.481 e. The van der Waals surface area contributed by atoms with Gasteiger partial charge in [-0.3, -0.25) is 4.79 Å². The van der Waals surface area contributed by atoms with Crippen LogP contribution in [-0.2, 0) is 4.79 Å². The molecule has 0 atom stereocenters. The van der Waals surface area contributed by atoms with Crippen molar-refractivity contribution in [2.45, 2.75) is 13.3 Å². The van der Waals surface area contributed by atoms with Crippen LogP contribution in [0.1, 0.15) is 13.3 Å². The number of carbonyl (C=O) groups is 1. The van der Waals surface area contributed by atoms with E-state index in [0.29, 0.717) is 0 Å². The highest BCUT2D eigenvalue weighted by molar-refractivity contribution is 9.11. The summed E-state index contributed by atoms with van der Waals surface area (Å²) in [5.74, 6) is -0.745. The molecule has 0 fully saturated rings. The van der Waals surface area contributed by atoms with Gasteiger partial charge in [-0.15, -0.1) is 11.3 Å². The van der Waals surface area contributed by atoms with Crippen LogP contribution in [0, 0.1) is 0 Å². The maximum atomic E-state index is 9.37. The molecule has 1 heterocycles. The second kappa shape index (κ2) is 6.37. The first-order valence-corrected chi connectivity index (χ1v) is 4.75. The predicted molar refractivity (Wildman–Crippen MR) is 49.9 cm³/mol. The van der Waals surface area contributed by atoms with E-state index < -0.39 is 5.97 Å². The second-order valence-corrected chi connectivity index (χ2v) is 3.99. The van der Waals surface area contributed by atoms with E-state index >= 15 is 0 Å². The second-order valence-electron chi connectivity index (χ2n) is 1.66. The standard InChI is InChI=1S/C4H3BrS.C3H6O2/c5-4-2-1-3-6-4;1-2-3(4)5/h1-3H;2H2,1H3,(H,4,5). The zero-order chi connectivity index (χ0) is 8.69. The molecule has 0 amide bonds. The Morgan fingerprint density at radius 2 is 2.36 bits per heavy atom. The minimum absolute atomic E-state index is 0.222. The first-order chi connectivity index (χ1) is 5.16. The fourth-order valence-electron chi connectivity index (χ4n) is 0.259. The fourth-order valence-corrected chi connectivity index (χ4v) is 1.18. The SMILES string of the molecule is Brc1cccs1.CCC(=O)O. The molecule has 1 rings (SSSR count). The Hall–Kier alpha value is -0.350. The smallest absolute Gasteiger partial charge is 0.303 e. The Balaban J connectivity index is 0.000000187. The van der Waals surface area contributed by atoms with Crippen LogP contribution >= 0.6 is 27.3 Å². The summed E-state index contributed by atoms with van der Waals surface area (Å²) in [7, 11) is 0. The summed E-state index contributed by atoms with van der Waals surface area (Å²) in [6.07, 6.45) is 0.222. The van der Waals surface area contributed by atoms with Crippen molar-refractivity contribution in [3.8, 4) is 0 Å². The highest BCUT2D eigenvalue weighted by Crippen LogP contribution is 2.14. The quantitative estimate of drug-likeness (QED) is 0.815. The topological polar surface area (TPSA) is 37.3 Å². The van der Waals surface area contributed by atoms with Crippen molar-refractivity contribution in [2.24, 2.45) is 0 Å². The molecule has 1 aromatic rings. The molecular weight excluding hydrogens is 228 g/mol. The van der Waals surface area contributed by atoms with Gasteiger partial charge in [0, 0.05) is 6.42 Å². The summed E-state index contributed by atoms with van der Waals surface area (Å²) in [5, 5.41) is 9.75. The average Bonchev–Trinajstić information content (AvgIpc) is 2.41. The molecule has 0 unspecified atom stereocenters. The summed E-state index contributed by atoms with van der Waals surface area (Å²) in [6, 6.07) is 4.03. The molecule has 1 aromatic heterocycles. The molecule has 0 radical (unpaired) electrons. The van der Waals surface area contributed by atoms with Crippen molar-refractivity contribution < 1.29 is 9.90 Å². The third-order valence-electron chi connectivity index (χ3n) is 0.789. The van der Waals surface area contributed by atoms with Crippen LogP contribution in [0.4, 0.5) is 0 Å². The summed E-state index contributed by atoms with van der Waals surface area (Å²) in [4.78, 5) is 9.37. The molecule has 0 saturated carbocycles. The summed E-state index contributed by atoms with van der Waals surface area (Å²) in [5.41, 5.74) is 0. The van der Waals surface area contributed by atoms with E-state index in [1.165, 1.54) is 3.79 Å². The lowest BCUT2D eigenvalue weighted by Crippen LogP contribution is -1.86. The van der Waals surface area contributed by atoms with Crippen molar-refractivity contribution in [2.75, 3.05) is 0 Å². The van der Waals surface area contributed by atoms with Crippen LogP contribution in [0.5, 0.6) is 0 Å². The summed E-state index contributed by atoms with van der Waals surface area (Å²) < 4.78 is 1.20. The molecule has 4 heteroatoms. The summed E-state index contributed by atoms with van der Waals surface area (Å²) in [6.45, 7) is 1.60. The number of carboxylic acid groups (broad SMARTS) is 1. The zero-order valence-corrected chi connectivity index (χ0v) is 8.48. The van der Waals surface area contributed by atoms with E-state index in [-0.39, 0.29) is 6.42 Å². The lowest BCUT2D eigenvalue weighted by molar-refractivity contribution is -0.136. The number of carboxylic acids is 1. The van der Waals surface area contributed by atoms with Crippen LogP contribution in [0.3, 0.4) is 0 Å². The van der Waals surface area contributed by atoms with Crippen molar-refractivity contribution in [1.82, 2.24) is 0 Å². The number of halogens is 1. The van der Waals surface area contributed by atoms with Gasteiger partial charge in [0.15, 0.2) is 0 Å². The average molecular weight is 237 g/mol. The van der Waals surface area contributed by atoms with E-state index in [9.17, 15) is 4.79 Å². The molecule has 0 aliphatic heterocycles. The van der Waals surface area contributed by atoms with Crippen LogP contribution in [0.2, 0.25) is 0 Å². The molecule has 11 heavy (non-hydrogen) atoms. The van der Waals surface area contributed by atoms with Gasteiger partial charge in [-0.2, -0.15) is 0 Å². The Bertz CT molecular complexity index is 196. The van der Waals surface area contributed by atoms with Gasteiger partial charge < -0.3 is 5.11 Å². The van der Waals surface area contributed by atoms with Crippen LogP contribution < -0.4 is 0 Å². The van der Waals surface area contributed by atoms with Gasteiger partial charge in [-0.05, 0) is 27.4 Å². The molecule has 0 spiro atoms. The number of rotatable bonds is 1. The lowest BCUT2D eigenvalue weighted by Gasteiger charge is -1.71.